The molecule has 1 N–H and O–H groups in total. The smallest absolute Gasteiger partial charge is 0.255 e. The molecule has 3 aromatic rings. The number of hydrogen-bond donors (Lipinski definition) is 1. The van der Waals surface area contributed by atoms with E-state index in [4.69, 9.17) is 9.26 Å². The van der Waals surface area contributed by atoms with Crippen LogP contribution in [0.2, 0.25) is 0 Å². The molecule has 2 atom stereocenters. The van der Waals surface area contributed by atoms with E-state index in [-0.39, 0.29) is 12.2 Å². The van der Waals surface area contributed by atoms with Crippen molar-refractivity contribution in [1.29, 1.82) is 0 Å². The molecule has 1 saturated heterocycles. The molecule has 1 aliphatic heterocycles. The van der Waals surface area contributed by atoms with Crippen molar-refractivity contribution < 1.29 is 9.26 Å². The van der Waals surface area contributed by atoms with Crippen molar-refractivity contribution in [1.82, 2.24) is 20.4 Å². The van der Waals surface area contributed by atoms with E-state index in [0.29, 0.717) is 11.7 Å². The number of ether oxygens (including phenoxy) is 1. The van der Waals surface area contributed by atoms with Gasteiger partial charge in [0, 0.05) is 24.7 Å². The van der Waals surface area contributed by atoms with E-state index in [1.54, 1.807) is 0 Å². The molecule has 0 unspecified atom stereocenters. The minimum absolute atomic E-state index is 0.0720. The Hall–Kier alpha value is -2.31. The second-order valence-electron chi connectivity index (χ2n) is 6.13. The Morgan fingerprint density at radius 1 is 1.21 bits per heavy atom. The Kier molecular flexibility index (Phi) is 4.23. The van der Waals surface area contributed by atoms with Gasteiger partial charge in [-0.05, 0) is 31.4 Å². The highest BCUT2D eigenvalue weighted by Crippen LogP contribution is 2.31. The first-order valence-electron chi connectivity index (χ1n) is 8.28. The van der Waals surface area contributed by atoms with Gasteiger partial charge in [0.15, 0.2) is 5.82 Å². The minimum atomic E-state index is -0.0720. The molecule has 0 spiro atoms. The Labute approximate surface area is 140 Å². The lowest BCUT2D eigenvalue weighted by molar-refractivity contribution is 0.0264. The number of hydrogen-bond acceptors (Lipinski definition) is 6. The third-order valence-electron chi connectivity index (χ3n) is 4.33. The molecule has 24 heavy (non-hydrogen) atoms. The van der Waals surface area contributed by atoms with Crippen molar-refractivity contribution in [2.75, 3.05) is 6.54 Å². The molecule has 0 saturated carbocycles. The van der Waals surface area contributed by atoms with E-state index in [0.717, 1.165) is 31.4 Å². The molecule has 6 heteroatoms. The van der Waals surface area contributed by atoms with Crippen molar-refractivity contribution in [2.45, 2.75) is 38.5 Å². The van der Waals surface area contributed by atoms with Crippen LogP contribution < -0.4 is 5.32 Å². The second kappa shape index (κ2) is 6.67. The quantitative estimate of drug-likeness (QED) is 0.778. The van der Waals surface area contributed by atoms with Gasteiger partial charge in [-0.15, -0.1) is 0 Å². The van der Waals surface area contributed by atoms with E-state index < -0.39 is 0 Å². The van der Waals surface area contributed by atoms with E-state index in [1.165, 1.54) is 10.9 Å². The highest BCUT2D eigenvalue weighted by Gasteiger charge is 2.30. The van der Waals surface area contributed by atoms with E-state index in [2.05, 4.69) is 44.7 Å². The maximum absolute atomic E-state index is 6.01. The summed E-state index contributed by atoms with van der Waals surface area (Å²) in [6.07, 6.45) is 3.85. The molecule has 1 fully saturated rings. The summed E-state index contributed by atoms with van der Waals surface area (Å²) in [5.74, 6) is 1.24. The lowest BCUT2D eigenvalue weighted by Crippen LogP contribution is -2.26. The number of aromatic nitrogens is 3. The number of fused-ring (bicyclic) bond motifs is 1. The molecule has 0 bridgehead atoms. The molecule has 3 heterocycles. The summed E-state index contributed by atoms with van der Waals surface area (Å²) in [4.78, 5) is 8.74. The van der Waals surface area contributed by atoms with Crippen molar-refractivity contribution in [2.24, 2.45) is 0 Å². The first kappa shape index (κ1) is 15.2. The van der Waals surface area contributed by atoms with Crippen LogP contribution in [0.3, 0.4) is 0 Å². The molecule has 2 aromatic heterocycles. The summed E-state index contributed by atoms with van der Waals surface area (Å²) in [5, 5.41) is 8.48. The summed E-state index contributed by atoms with van der Waals surface area (Å²) >= 11 is 0. The first-order valence-corrected chi connectivity index (χ1v) is 8.28. The number of benzene rings is 1. The lowest BCUT2D eigenvalue weighted by Gasteiger charge is -2.13. The Balaban J connectivity index is 1.33. The zero-order valence-corrected chi connectivity index (χ0v) is 13.6. The molecule has 1 aliphatic rings. The van der Waals surface area contributed by atoms with Gasteiger partial charge in [0.05, 0.1) is 11.6 Å². The van der Waals surface area contributed by atoms with Gasteiger partial charge in [-0.1, -0.05) is 29.4 Å². The van der Waals surface area contributed by atoms with E-state index >= 15 is 0 Å². The molecular formula is C18H20N4O2. The van der Waals surface area contributed by atoms with Gasteiger partial charge >= 0.3 is 0 Å². The number of pyridine rings is 1. The van der Waals surface area contributed by atoms with Crippen molar-refractivity contribution in [3.8, 4) is 0 Å². The molecule has 6 nitrogen and oxygen atoms in total. The van der Waals surface area contributed by atoms with Crippen LogP contribution in [0.5, 0.6) is 0 Å². The first-order chi connectivity index (χ1) is 11.8. The van der Waals surface area contributed by atoms with Gasteiger partial charge in [0.25, 0.3) is 5.89 Å². The van der Waals surface area contributed by atoms with Crippen LogP contribution in [0, 0.1) is 6.92 Å². The fourth-order valence-electron chi connectivity index (χ4n) is 3.16. The van der Waals surface area contributed by atoms with Crippen LogP contribution in [0.4, 0.5) is 0 Å². The van der Waals surface area contributed by atoms with Gasteiger partial charge in [0.1, 0.15) is 6.10 Å². The topological polar surface area (TPSA) is 73.1 Å². The third kappa shape index (κ3) is 3.16. The van der Waals surface area contributed by atoms with E-state index in [9.17, 15) is 0 Å². The molecule has 0 aliphatic carbocycles. The highest BCUT2D eigenvalue weighted by atomic mass is 16.5. The summed E-state index contributed by atoms with van der Waals surface area (Å²) in [7, 11) is 0. The Morgan fingerprint density at radius 2 is 2.12 bits per heavy atom. The predicted octanol–water partition coefficient (Wildman–Crippen LogP) is 2.94. The monoisotopic (exact) mass is 324 g/mol. The largest absolute Gasteiger partial charge is 0.364 e. The standard InChI is InChI=1S/C18H20N4O2/c1-12-21-18(24-22-12)16-8-7-15(23-16)11-19-10-14-5-2-4-13-6-3-9-20-17(13)14/h2-6,9,15-16,19H,7-8,10-11H2,1H3/t15-,16+/m1/s1. The second-order valence-corrected chi connectivity index (χ2v) is 6.13. The lowest BCUT2D eigenvalue weighted by atomic mass is 10.1. The number of nitrogens with one attached hydrogen (secondary N) is 1. The molecule has 0 amide bonds. The van der Waals surface area contributed by atoms with Crippen molar-refractivity contribution in [3.05, 3.63) is 53.8 Å². The zero-order chi connectivity index (χ0) is 16.4. The number of rotatable bonds is 5. The highest BCUT2D eigenvalue weighted by molar-refractivity contribution is 5.81. The van der Waals surface area contributed by atoms with Gasteiger partial charge in [-0.3, -0.25) is 4.98 Å². The van der Waals surface area contributed by atoms with Gasteiger partial charge in [-0.25, -0.2) is 0 Å². The summed E-state index contributed by atoms with van der Waals surface area (Å²) in [6, 6.07) is 10.3. The van der Waals surface area contributed by atoms with Crippen LogP contribution >= 0.6 is 0 Å². The van der Waals surface area contributed by atoms with Crippen LogP contribution in [0.15, 0.2) is 41.1 Å². The van der Waals surface area contributed by atoms with Gasteiger partial charge in [-0.2, -0.15) is 4.98 Å². The summed E-state index contributed by atoms with van der Waals surface area (Å²) < 4.78 is 11.2. The fraction of sp³-hybridized carbons (Fsp3) is 0.389. The summed E-state index contributed by atoms with van der Waals surface area (Å²) in [6.45, 7) is 3.39. The predicted molar refractivity (Wildman–Crippen MR) is 89.3 cm³/mol. The average molecular weight is 324 g/mol. The van der Waals surface area contributed by atoms with Gasteiger partial charge < -0.3 is 14.6 Å². The zero-order valence-electron chi connectivity index (χ0n) is 13.6. The van der Waals surface area contributed by atoms with Gasteiger partial charge in [0.2, 0.25) is 0 Å². The number of nitrogens with zero attached hydrogens (tertiary/aromatic N) is 3. The maximum Gasteiger partial charge on any atom is 0.255 e. The SMILES string of the molecule is Cc1noc([C@@H]2CC[C@H](CNCc3cccc4cccnc34)O2)n1. The van der Waals surface area contributed by atoms with Crippen molar-refractivity contribution in [3.63, 3.8) is 0 Å². The molecule has 4 rings (SSSR count). The molecule has 1 aromatic carbocycles. The molecule has 124 valence electrons. The number of para-hydroxylation sites is 1. The number of aryl methyl sites for hydroxylation is 1. The Morgan fingerprint density at radius 3 is 3.00 bits per heavy atom. The maximum atomic E-state index is 6.01. The fourth-order valence-corrected chi connectivity index (χ4v) is 3.16. The van der Waals surface area contributed by atoms with Crippen LogP contribution in [0.1, 0.15) is 36.2 Å². The minimum Gasteiger partial charge on any atom is -0.364 e. The van der Waals surface area contributed by atoms with Crippen LogP contribution in [-0.2, 0) is 11.3 Å². The average Bonchev–Trinajstić information content (AvgIpc) is 3.24. The summed E-state index contributed by atoms with van der Waals surface area (Å²) in [5.41, 5.74) is 2.26. The third-order valence-corrected chi connectivity index (χ3v) is 4.33. The Bertz CT molecular complexity index is 827. The van der Waals surface area contributed by atoms with Crippen molar-refractivity contribution >= 4 is 10.9 Å². The van der Waals surface area contributed by atoms with E-state index in [1.807, 2.05) is 19.2 Å². The van der Waals surface area contributed by atoms with Crippen LogP contribution in [0.25, 0.3) is 10.9 Å². The molecular weight excluding hydrogens is 304 g/mol. The normalized spacial score (nSPS) is 20.7. The molecule has 0 radical (unpaired) electrons. The van der Waals surface area contributed by atoms with Crippen LogP contribution in [-0.4, -0.2) is 27.8 Å².